The first-order chi connectivity index (χ1) is 10.1. The van der Waals surface area contributed by atoms with Gasteiger partial charge in [-0.15, -0.1) is 0 Å². The van der Waals surface area contributed by atoms with Crippen molar-refractivity contribution in [3.8, 4) is 5.75 Å². The van der Waals surface area contributed by atoms with Gasteiger partial charge in [0.2, 0.25) is 0 Å². The van der Waals surface area contributed by atoms with E-state index in [-0.39, 0.29) is 11.4 Å². The molecule has 0 bridgehead atoms. The lowest BCUT2D eigenvalue weighted by atomic mass is 10.2. The van der Waals surface area contributed by atoms with E-state index in [2.05, 4.69) is 5.32 Å². The van der Waals surface area contributed by atoms with Gasteiger partial charge in [-0.2, -0.15) is 0 Å². The van der Waals surface area contributed by atoms with Gasteiger partial charge in [0.05, 0.1) is 17.3 Å². The lowest BCUT2D eigenvalue weighted by molar-refractivity contribution is -0.384. The second kappa shape index (κ2) is 5.41. The number of benzene rings is 1. The lowest BCUT2D eigenvalue weighted by Crippen LogP contribution is -2.47. The third-order valence-electron chi connectivity index (χ3n) is 3.29. The van der Waals surface area contributed by atoms with E-state index in [1.54, 1.807) is 11.0 Å². The number of furan rings is 1. The molecule has 21 heavy (non-hydrogen) atoms. The van der Waals surface area contributed by atoms with Gasteiger partial charge in [0.25, 0.3) is 5.69 Å². The molecule has 2 aromatic rings. The Hall–Kier alpha value is -2.61. The number of carbonyl (C=O) groups is 1. The predicted molar refractivity (Wildman–Crippen MR) is 73.3 cm³/mol. The summed E-state index contributed by atoms with van der Waals surface area (Å²) in [6.45, 7) is 2.46. The number of piperazine rings is 1. The number of carbonyl (C=O) groups excluding carboxylic acids is 1. The zero-order chi connectivity index (χ0) is 14.8. The highest BCUT2D eigenvalue weighted by Crippen LogP contribution is 2.32. The molecule has 8 heteroatoms. The van der Waals surface area contributed by atoms with Gasteiger partial charge in [0.1, 0.15) is 0 Å². The molecule has 0 radical (unpaired) electrons. The number of nitrogens with one attached hydrogen (secondary N) is 1. The summed E-state index contributed by atoms with van der Waals surface area (Å²) in [4.78, 5) is 24.0. The van der Waals surface area contributed by atoms with Gasteiger partial charge in [-0.25, -0.2) is 4.79 Å². The zero-order valence-electron chi connectivity index (χ0n) is 11.1. The van der Waals surface area contributed by atoms with Gasteiger partial charge < -0.3 is 19.4 Å². The van der Waals surface area contributed by atoms with Crippen molar-refractivity contribution in [3.05, 3.63) is 34.6 Å². The largest absolute Gasteiger partial charge is 0.460 e. The topological polar surface area (TPSA) is 97.8 Å². The van der Waals surface area contributed by atoms with Crippen LogP contribution in [0.4, 0.5) is 10.5 Å². The Morgan fingerprint density at radius 1 is 1.38 bits per heavy atom. The highest BCUT2D eigenvalue weighted by Gasteiger charge is 2.22. The SMILES string of the molecule is O=C(Oc1cc([N+](=O)[O-])cc2ccoc12)N1CCNCC1. The Morgan fingerprint density at radius 3 is 2.86 bits per heavy atom. The Balaban J connectivity index is 1.89. The average Bonchev–Trinajstić information content (AvgIpc) is 2.96. The summed E-state index contributed by atoms with van der Waals surface area (Å²) >= 11 is 0. The van der Waals surface area contributed by atoms with E-state index in [1.165, 1.54) is 18.4 Å². The number of ether oxygens (including phenoxy) is 1. The van der Waals surface area contributed by atoms with E-state index in [4.69, 9.17) is 9.15 Å². The monoisotopic (exact) mass is 291 g/mol. The Labute approximate surface area is 119 Å². The summed E-state index contributed by atoms with van der Waals surface area (Å²) in [5.41, 5.74) is 0.177. The summed E-state index contributed by atoms with van der Waals surface area (Å²) in [5, 5.41) is 14.6. The number of nitro benzene ring substituents is 1. The highest BCUT2D eigenvalue weighted by molar-refractivity contribution is 5.88. The molecule has 1 aliphatic heterocycles. The van der Waals surface area contributed by atoms with Crippen molar-refractivity contribution in [1.82, 2.24) is 10.2 Å². The van der Waals surface area contributed by atoms with Crippen molar-refractivity contribution in [2.45, 2.75) is 0 Å². The molecule has 0 atom stereocenters. The molecule has 1 aromatic heterocycles. The van der Waals surface area contributed by atoms with Gasteiger partial charge in [0, 0.05) is 37.6 Å². The van der Waals surface area contributed by atoms with Crippen LogP contribution in [0.1, 0.15) is 0 Å². The van der Waals surface area contributed by atoms with E-state index in [0.717, 1.165) is 0 Å². The smallest absolute Gasteiger partial charge is 0.415 e. The number of rotatable bonds is 2. The molecule has 0 saturated carbocycles. The van der Waals surface area contributed by atoms with E-state index in [0.29, 0.717) is 37.1 Å². The van der Waals surface area contributed by atoms with Crippen molar-refractivity contribution in [2.75, 3.05) is 26.2 Å². The summed E-state index contributed by atoms with van der Waals surface area (Å²) in [7, 11) is 0. The molecule has 1 aromatic carbocycles. The number of hydrogen-bond acceptors (Lipinski definition) is 6. The predicted octanol–water partition coefficient (Wildman–Crippen LogP) is 1.74. The van der Waals surface area contributed by atoms with Crippen LogP contribution in [0.5, 0.6) is 5.75 Å². The molecule has 0 aliphatic carbocycles. The van der Waals surface area contributed by atoms with Gasteiger partial charge in [-0.05, 0) is 6.07 Å². The van der Waals surface area contributed by atoms with Crippen molar-refractivity contribution in [3.63, 3.8) is 0 Å². The fourth-order valence-electron chi connectivity index (χ4n) is 2.22. The summed E-state index contributed by atoms with van der Waals surface area (Å²) in [6, 6.07) is 4.16. The first kappa shape index (κ1) is 13.4. The fraction of sp³-hybridized carbons (Fsp3) is 0.308. The minimum Gasteiger partial charge on any atom is -0.460 e. The maximum absolute atomic E-state index is 12.1. The molecule has 3 rings (SSSR count). The third kappa shape index (κ3) is 2.65. The molecule has 8 nitrogen and oxygen atoms in total. The molecular formula is C13H13N3O5. The van der Waals surface area contributed by atoms with E-state index in [9.17, 15) is 14.9 Å². The fourth-order valence-corrected chi connectivity index (χ4v) is 2.22. The normalized spacial score (nSPS) is 15.1. The van der Waals surface area contributed by atoms with Crippen molar-refractivity contribution in [1.29, 1.82) is 0 Å². The van der Waals surface area contributed by atoms with Crippen LogP contribution in [0, 0.1) is 10.1 Å². The van der Waals surface area contributed by atoms with Crippen LogP contribution in [0.2, 0.25) is 0 Å². The van der Waals surface area contributed by atoms with Gasteiger partial charge in [0.15, 0.2) is 11.3 Å². The van der Waals surface area contributed by atoms with Crippen molar-refractivity contribution >= 4 is 22.7 Å². The molecule has 0 unspecified atom stereocenters. The summed E-state index contributed by atoms with van der Waals surface area (Å²) < 4.78 is 10.5. The van der Waals surface area contributed by atoms with Gasteiger partial charge >= 0.3 is 6.09 Å². The summed E-state index contributed by atoms with van der Waals surface area (Å²) in [6.07, 6.45) is 0.867. The molecule has 1 amide bonds. The average molecular weight is 291 g/mol. The lowest BCUT2D eigenvalue weighted by Gasteiger charge is -2.26. The van der Waals surface area contributed by atoms with Crippen LogP contribution in [0.15, 0.2) is 28.9 Å². The second-order valence-electron chi connectivity index (χ2n) is 4.64. The van der Waals surface area contributed by atoms with Crippen LogP contribution in [-0.2, 0) is 0 Å². The number of nitrogens with zero attached hydrogens (tertiary/aromatic N) is 2. The molecule has 1 aliphatic rings. The van der Waals surface area contributed by atoms with Crippen LogP contribution in [-0.4, -0.2) is 42.1 Å². The number of hydrogen-bond donors (Lipinski definition) is 1. The van der Waals surface area contributed by atoms with Crippen LogP contribution >= 0.6 is 0 Å². The first-order valence-corrected chi connectivity index (χ1v) is 6.48. The second-order valence-corrected chi connectivity index (χ2v) is 4.64. The maximum atomic E-state index is 12.1. The third-order valence-corrected chi connectivity index (χ3v) is 3.29. The number of nitro groups is 1. The minimum absolute atomic E-state index is 0.0627. The number of amides is 1. The molecule has 0 spiro atoms. The van der Waals surface area contributed by atoms with E-state index in [1.807, 2.05) is 0 Å². The number of fused-ring (bicyclic) bond motifs is 1. The van der Waals surface area contributed by atoms with E-state index >= 15 is 0 Å². The zero-order valence-corrected chi connectivity index (χ0v) is 11.1. The molecule has 1 saturated heterocycles. The minimum atomic E-state index is -0.533. The molecular weight excluding hydrogens is 278 g/mol. The van der Waals surface area contributed by atoms with Crippen LogP contribution < -0.4 is 10.1 Å². The molecule has 1 N–H and O–H groups in total. The quantitative estimate of drug-likeness (QED) is 0.668. The van der Waals surface area contributed by atoms with Gasteiger partial charge in [-0.3, -0.25) is 10.1 Å². The molecule has 2 heterocycles. The van der Waals surface area contributed by atoms with Crippen molar-refractivity contribution in [2.24, 2.45) is 0 Å². The van der Waals surface area contributed by atoms with Gasteiger partial charge in [-0.1, -0.05) is 0 Å². The standard InChI is InChI=1S/C13H13N3O5/c17-13(15-4-2-14-3-5-15)21-11-8-10(16(18)19)7-9-1-6-20-12(9)11/h1,6-8,14H,2-5H2. The van der Waals surface area contributed by atoms with Crippen molar-refractivity contribution < 1.29 is 18.9 Å². The molecule has 1 fully saturated rings. The van der Waals surface area contributed by atoms with Crippen LogP contribution in [0.25, 0.3) is 11.0 Å². The Morgan fingerprint density at radius 2 is 2.14 bits per heavy atom. The molecule has 110 valence electrons. The van der Waals surface area contributed by atoms with E-state index < -0.39 is 11.0 Å². The Bertz CT molecular complexity index is 690. The van der Waals surface area contributed by atoms with Crippen LogP contribution in [0.3, 0.4) is 0 Å². The first-order valence-electron chi connectivity index (χ1n) is 6.48. The maximum Gasteiger partial charge on any atom is 0.415 e. The number of non-ortho nitro benzene ring substituents is 1. The highest BCUT2D eigenvalue weighted by atomic mass is 16.6. The Kier molecular flexibility index (Phi) is 3.44. The summed E-state index contributed by atoms with van der Waals surface area (Å²) in [5.74, 6) is 0.0627.